The van der Waals surface area contributed by atoms with Gasteiger partial charge in [-0.2, -0.15) is 0 Å². The van der Waals surface area contributed by atoms with Gasteiger partial charge in [0.05, 0.1) is 13.2 Å². The van der Waals surface area contributed by atoms with Crippen molar-refractivity contribution in [2.24, 2.45) is 0 Å². The molecule has 0 saturated carbocycles. The molecule has 2 aromatic carbocycles. The highest BCUT2D eigenvalue weighted by atomic mass is 16.5. The lowest BCUT2D eigenvalue weighted by molar-refractivity contribution is -0.120. The number of anilines is 1. The number of hydrogen-bond donors (Lipinski definition) is 1. The molecule has 0 heterocycles. The summed E-state index contributed by atoms with van der Waals surface area (Å²) >= 11 is 0. The number of likely N-dealkylation sites (N-methyl/N-ethyl adjacent to an activating group) is 1. The fourth-order valence-electron chi connectivity index (χ4n) is 2.42. The van der Waals surface area contributed by atoms with E-state index in [1.165, 1.54) is 0 Å². The topological polar surface area (TPSA) is 50.8 Å². The number of carbonyl (C=O) groups is 1. The number of hydrogen-bond acceptors (Lipinski definition) is 4. The monoisotopic (exact) mass is 354 g/mol. The van der Waals surface area contributed by atoms with Crippen LogP contribution in [0.3, 0.4) is 0 Å². The van der Waals surface area contributed by atoms with Gasteiger partial charge >= 0.3 is 0 Å². The lowest BCUT2D eigenvalue weighted by Gasteiger charge is -2.24. The van der Waals surface area contributed by atoms with Crippen molar-refractivity contribution in [1.82, 2.24) is 4.90 Å². The zero-order valence-corrected chi connectivity index (χ0v) is 15.6. The van der Waals surface area contributed by atoms with Crippen LogP contribution < -0.4 is 14.8 Å². The molecule has 1 atom stereocenters. The predicted octanol–water partition coefficient (Wildman–Crippen LogP) is 3.72. The van der Waals surface area contributed by atoms with Crippen molar-refractivity contribution >= 4 is 11.6 Å². The summed E-state index contributed by atoms with van der Waals surface area (Å²) in [5.41, 5.74) is 1.83. The molecule has 26 heavy (non-hydrogen) atoms. The molecule has 2 aromatic rings. The van der Waals surface area contributed by atoms with Crippen molar-refractivity contribution in [3.63, 3.8) is 0 Å². The number of nitrogens with one attached hydrogen (secondary N) is 1. The predicted molar refractivity (Wildman–Crippen MR) is 105 cm³/mol. The molecule has 5 heteroatoms. The molecule has 0 spiro atoms. The molecule has 0 aliphatic rings. The molecule has 2 rings (SSSR count). The molecule has 5 nitrogen and oxygen atoms in total. The van der Waals surface area contributed by atoms with E-state index in [9.17, 15) is 4.79 Å². The molecule has 0 saturated heterocycles. The van der Waals surface area contributed by atoms with Crippen molar-refractivity contribution in [3.8, 4) is 11.5 Å². The fourth-order valence-corrected chi connectivity index (χ4v) is 2.42. The minimum Gasteiger partial charge on any atom is -0.497 e. The van der Waals surface area contributed by atoms with Crippen molar-refractivity contribution < 1.29 is 14.3 Å². The van der Waals surface area contributed by atoms with Gasteiger partial charge in [0.15, 0.2) is 0 Å². The van der Waals surface area contributed by atoms with E-state index in [4.69, 9.17) is 9.47 Å². The normalized spacial score (nSPS) is 11.7. The molecule has 0 aliphatic heterocycles. The number of benzene rings is 2. The fraction of sp³-hybridized carbons (Fsp3) is 0.286. The maximum absolute atomic E-state index is 12.5. The first-order chi connectivity index (χ1) is 12.5. The number of carbonyl (C=O) groups excluding carboxylic acids is 1. The summed E-state index contributed by atoms with van der Waals surface area (Å²) in [6, 6.07) is 14.9. The maximum atomic E-state index is 12.5. The van der Waals surface area contributed by atoms with Crippen LogP contribution in [0.25, 0.3) is 0 Å². The molecular weight excluding hydrogens is 328 g/mol. The maximum Gasteiger partial charge on any atom is 0.241 e. The van der Waals surface area contributed by atoms with Gasteiger partial charge < -0.3 is 14.8 Å². The van der Waals surface area contributed by atoms with Crippen LogP contribution in [-0.2, 0) is 11.3 Å². The van der Waals surface area contributed by atoms with Crippen molar-refractivity contribution in [3.05, 3.63) is 66.7 Å². The van der Waals surface area contributed by atoms with Crippen molar-refractivity contribution in [2.75, 3.05) is 26.1 Å². The Balaban J connectivity index is 1.92. The number of amides is 1. The molecule has 0 bridgehead atoms. The SMILES string of the molecule is C=CCOc1ccc(CN(C)[C@H](C)C(=O)Nc2cccc(OC)c2)cc1. The Morgan fingerprint density at radius 3 is 2.62 bits per heavy atom. The average molecular weight is 354 g/mol. The van der Waals surface area contributed by atoms with E-state index in [2.05, 4.69) is 11.9 Å². The standard InChI is InChI=1S/C21H26N2O3/c1-5-13-26-19-11-9-17(10-12-19)15-23(3)16(2)21(24)22-18-7-6-8-20(14-18)25-4/h5-12,14,16H,1,13,15H2,2-4H3,(H,22,24)/t16-/m1/s1. The third-order valence-electron chi connectivity index (χ3n) is 4.10. The first kappa shape index (κ1) is 19.5. The Hall–Kier alpha value is -2.79. The minimum atomic E-state index is -0.280. The first-order valence-corrected chi connectivity index (χ1v) is 8.51. The lowest BCUT2D eigenvalue weighted by atomic mass is 10.1. The second-order valence-electron chi connectivity index (χ2n) is 6.06. The molecule has 0 unspecified atom stereocenters. The summed E-state index contributed by atoms with van der Waals surface area (Å²) in [6.07, 6.45) is 1.71. The molecule has 0 aliphatic carbocycles. The van der Waals surface area contributed by atoms with Crippen LogP contribution in [0.2, 0.25) is 0 Å². The highest BCUT2D eigenvalue weighted by molar-refractivity contribution is 5.94. The van der Waals surface area contributed by atoms with Gasteiger partial charge in [0, 0.05) is 18.3 Å². The largest absolute Gasteiger partial charge is 0.497 e. The average Bonchev–Trinajstić information content (AvgIpc) is 2.66. The Labute approximate surface area is 155 Å². The van der Waals surface area contributed by atoms with E-state index in [1.807, 2.05) is 61.3 Å². The zero-order chi connectivity index (χ0) is 18.9. The van der Waals surface area contributed by atoms with Gasteiger partial charge in [0.1, 0.15) is 18.1 Å². The van der Waals surface area contributed by atoms with E-state index < -0.39 is 0 Å². The van der Waals surface area contributed by atoms with Gasteiger partial charge in [0.25, 0.3) is 0 Å². The molecule has 0 aromatic heterocycles. The zero-order valence-electron chi connectivity index (χ0n) is 15.6. The molecule has 1 N–H and O–H groups in total. The van der Waals surface area contributed by atoms with Crippen LogP contribution in [0.4, 0.5) is 5.69 Å². The Morgan fingerprint density at radius 1 is 1.23 bits per heavy atom. The van der Waals surface area contributed by atoms with Gasteiger partial charge in [-0.15, -0.1) is 0 Å². The van der Waals surface area contributed by atoms with Gasteiger partial charge in [-0.3, -0.25) is 9.69 Å². The minimum absolute atomic E-state index is 0.0633. The number of ether oxygens (including phenoxy) is 2. The molecule has 0 fully saturated rings. The summed E-state index contributed by atoms with van der Waals surface area (Å²) in [7, 11) is 3.53. The summed E-state index contributed by atoms with van der Waals surface area (Å²) in [6.45, 7) is 6.67. The van der Waals surface area contributed by atoms with E-state index in [1.54, 1.807) is 19.3 Å². The summed E-state index contributed by atoms with van der Waals surface area (Å²) < 4.78 is 10.7. The van der Waals surface area contributed by atoms with Crippen molar-refractivity contribution in [1.29, 1.82) is 0 Å². The van der Waals surface area contributed by atoms with Gasteiger partial charge in [-0.1, -0.05) is 30.9 Å². The second-order valence-corrected chi connectivity index (χ2v) is 6.06. The van der Waals surface area contributed by atoms with Gasteiger partial charge in [-0.25, -0.2) is 0 Å². The number of methoxy groups -OCH3 is 1. The highest BCUT2D eigenvalue weighted by Gasteiger charge is 2.18. The van der Waals surface area contributed by atoms with Crippen LogP contribution in [0.15, 0.2) is 61.2 Å². The van der Waals surface area contributed by atoms with Crippen LogP contribution in [-0.4, -0.2) is 37.6 Å². The summed E-state index contributed by atoms with van der Waals surface area (Å²) in [4.78, 5) is 14.5. The van der Waals surface area contributed by atoms with E-state index >= 15 is 0 Å². The summed E-state index contributed by atoms with van der Waals surface area (Å²) in [5, 5.41) is 2.93. The summed E-state index contributed by atoms with van der Waals surface area (Å²) in [5.74, 6) is 1.45. The third-order valence-corrected chi connectivity index (χ3v) is 4.10. The Morgan fingerprint density at radius 2 is 1.96 bits per heavy atom. The quantitative estimate of drug-likeness (QED) is 0.697. The van der Waals surface area contributed by atoms with Crippen LogP contribution in [0.5, 0.6) is 11.5 Å². The van der Waals surface area contributed by atoms with E-state index in [-0.39, 0.29) is 11.9 Å². The molecular formula is C21H26N2O3. The van der Waals surface area contributed by atoms with Gasteiger partial charge in [-0.05, 0) is 43.8 Å². The Kier molecular flexibility index (Phi) is 7.24. The first-order valence-electron chi connectivity index (χ1n) is 8.51. The van der Waals surface area contributed by atoms with Crippen molar-refractivity contribution in [2.45, 2.75) is 19.5 Å². The van der Waals surface area contributed by atoms with Crippen LogP contribution in [0, 0.1) is 0 Å². The van der Waals surface area contributed by atoms with Crippen LogP contribution >= 0.6 is 0 Å². The Bertz CT molecular complexity index is 728. The smallest absolute Gasteiger partial charge is 0.241 e. The number of nitrogens with zero attached hydrogens (tertiary/aromatic N) is 1. The van der Waals surface area contributed by atoms with Crippen LogP contribution in [0.1, 0.15) is 12.5 Å². The third kappa shape index (κ3) is 5.63. The molecule has 0 radical (unpaired) electrons. The number of rotatable bonds is 9. The van der Waals surface area contributed by atoms with E-state index in [0.29, 0.717) is 18.9 Å². The molecule has 138 valence electrons. The van der Waals surface area contributed by atoms with E-state index in [0.717, 1.165) is 17.0 Å². The highest BCUT2D eigenvalue weighted by Crippen LogP contribution is 2.18. The lowest BCUT2D eigenvalue weighted by Crippen LogP contribution is -2.39. The second kappa shape index (κ2) is 9.63. The van der Waals surface area contributed by atoms with Gasteiger partial charge in [0.2, 0.25) is 5.91 Å². The molecule has 1 amide bonds.